The van der Waals surface area contributed by atoms with Gasteiger partial charge in [-0.25, -0.2) is 4.98 Å². The molecule has 0 fully saturated rings. The zero-order chi connectivity index (χ0) is 27.9. The highest BCUT2D eigenvalue weighted by Gasteiger charge is 2.28. The maximum atomic E-state index is 12.6. The van der Waals surface area contributed by atoms with E-state index in [1.807, 2.05) is 43.3 Å². The fourth-order valence-corrected chi connectivity index (χ4v) is 4.54. The molecule has 3 aromatic rings. The molecule has 7 nitrogen and oxygen atoms in total. The van der Waals surface area contributed by atoms with Crippen LogP contribution < -0.4 is 14.8 Å². The second-order valence-electron chi connectivity index (χ2n) is 10.4. The van der Waals surface area contributed by atoms with Gasteiger partial charge >= 0.3 is 0 Å². The fraction of sp³-hybridized carbons (Fsp3) is 0.500. The van der Waals surface area contributed by atoms with Gasteiger partial charge in [0.1, 0.15) is 11.5 Å². The lowest BCUT2D eigenvalue weighted by molar-refractivity contribution is -0.134. The number of halogens is 1. The number of imidazole rings is 1. The minimum atomic E-state index is 0. The molecule has 0 spiro atoms. The molecule has 1 aliphatic carbocycles. The number of benzene rings is 2. The van der Waals surface area contributed by atoms with E-state index < -0.39 is 0 Å². The maximum absolute atomic E-state index is 12.6. The molecule has 1 amide bonds. The van der Waals surface area contributed by atoms with Gasteiger partial charge < -0.3 is 24.7 Å². The van der Waals surface area contributed by atoms with Crippen molar-refractivity contribution in [2.24, 2.45) is 5.92 Å². The van der Waals surface area contributed by atoms with Crippen LogP contribution in [0.2, 0.25) is 0 Å². The summed E-state index contributed by atoms with van der Waals surface area (Å²) in [5, 5.41) is 3.12. The largest absolute Gasteiger partial charge is 0.494 e. The molecule has 1 aromatic heterocycles. The number of aryl methyl sites for hydroxylation is 3. The molecule has 0 saturated heterocycles. The molecule has 1 aliphatic rings. The number of carbonyl (C=O) groups excluding carboxylic acids is 1. The summed E-state index contributed by atoms with van der Waals surface area (Å²) in [5.74, 6) is 2.22. The fourth-order valence-electron chi connectivity index (χ4n) is 4.54. The van der Waals surface area contributed by atoms with Gasteiger partial charge in [0.05, 0.1) is 25.2 Å². The van der Waals surface area contributed by atoms with E-state index in [0.717, 1.165) is 81.1 Å². The molecule has 1 heterocycles. The van der Waals surface area contributed by atoms with Crippen molar-refractivity contribution in [1.29, 1.82) is 0 Å². The molecule has 1 unspecified atom stereocenters. The van der Waals surface area contributed by atoms with Crippen molar-refractivity contribution in [3.63, 3.8) is 0 Å². The Balaban J connectivity index is 0.000000320. The molecule has 0 bridgehead atoms. The molecular formula is C32H47ClN4O3. The number of rotatable bonds is 13. The monoisotopic (exact) mass is 570 g/mol. The van der Waals surface area contributed by atoms with Crippen LogP contribution in [0.15, 0.2) is 54.9 Å². The molecule has 0 saturated carbocycles. The van der Waals surface area contributed by atoms with Crippen LogP contribution in [-0.2, 0) is 17.6 Å². The lowest BCUT2D eigenvalue weighted by Crippen LogP contribution is -2.36. The first-order chi connectivity index (χ1) is 19.0. The third kappa shape index (κ3) is 11.6. The third-order valence-electron chi connectivity index (χ3n) is 7.00. The Bertz CT molecular complexity index is 1100. The van der Waals surface area contributed by atoms with E-state index in [1.54, 1.807) is 6.33 Å². The van der Waals surface area contributed by atoms with Crippen LogP contribution in [0.4, 0.5) is 0 Å². The topological polar surface area (TPSA) is 79.5 Å². The Morgan fingerprint density at radius 2 is 1.52 bits per heavy atom. The van der Waals surface area contributed by atoms with E-state index >= 15 is 0 Å². The number of hydrogen-bond acceptors (Lipinski definition) is 5. The number of nitrogens with zero attached hydrogens (tertiary/aromatic N) is 2. The molecule has 1 atom stereocenters. The third-order valence-corrected chi connectivity index (χ3v) is 7.00. The Morgan fingerprint density at radius 1 is 0.950 bits per heavy atom. The highest BCUT2D eigenvalue weighted by atomic mass is 35.5. The summed E-state index contributed by atoms with van der Waals surface area (Å²) in [7, 11) is 3.88. The standard InChI is InChI=1S/C20H27N3O2.C12H19NO.ClH/c1-15-5-8-17(9-6-15)25-12-4-3-11-23(2)20(24)16-7-10-18-19(13-16)22-14-21-18;1-11-5-7-12(8-6-11)14-10-4-3-9-13-2;/h5-6,8-9,14,16H,3-4,7,10-13H2,1-2H3,(H,21,22);5-8,13H,3-4,9-10H2,1-2H3;1H. The summed E-state index contributed by atoms with van der Waals surface area (Å²) in [6, 6.07) is 16.3. The number of hydrogen-bond donors (Lipinski definition) is 2. The van der Waals surface area contributed by atoms with Gasteiger partial charge in [0.2, 0.25) is 5.91 Å². The van der Waals surface area contributed by atoms with Gasteiger partial charge in [-0.3, -0.25) is 4.79 Å². The zero-order valence-corrected chi connectivity index (χ0v) is 25.4. The summed E-state index contributed by atoms with van der Waals surface area (Å²) >= 11 is 0. The average Bonchev–Trinajstić information content (AvgIpc) is 3.43. The number of amides is 1. The Kier molecular flexibility index (Phi) is 15.2. The van der Waals surface area contributed by atoms with Crippen LogP contribution >= 0.6 is 12.4 Å². The van der Waals surface area contributed by atoms with Gasteiger partial charge in [-0.15, -0.1) is 12.4 Å². The Morgan fingerprint density at radius 3 is 2.10 bits per heavy atom. The number of carbonyl (C=O) groups is 1. The smallest absolute Gasteiger partial charge is 0.225 e. The van der Waals surface area contributed by atoms with Gasteiger partial charge in [-0.1, -0.05) is 35.4 Å². The van der Waals surface area contributed by atoms with Crippen molar-refractivity contribution >= 4 is 18.3 Å². The van der Waals surface area contributed by atoms with E-state index in [9.17, 15) is 4.79 Å². The van der Waals surface area contributed by atoms with Crippen molar-refractivity contribution in [2.75, 3.05) is 40.4 Å². The zero-order valence-electron chi connectivity index (χ0n) is 24.6. The van der Waals surface area contributed by atoms with Gasteiger partial charge in [-0.05, 0) is 90.2 Å². The second-order valence-corrected chi connectivity index (χ2v) is 10.4. The van der Waals surface area contributed by atoms with Gasteiger partial charge in [0, 0.05) is 31.6 Å². The second kappa shape index (κ2) is 18.3. The van der Waals surface area contributed by atoms with Gasteiger partial charge in [0.15, 0.2) is 0 Å². The highest BCUT2D eigenvalue weighted by molar-refractivity contribution is 5.85. The molecular weight excluding hydrogens is 524 g/mol. The molecule has 8 heteroatoms. The van der Waals surface area contributed by atoms with E-state index in [1.165, 1.54) is 17.5 Å². The minimum absolute atomic E-state index is 0. The minimum Gasteiger partial charge on any atom is -0.494 e. The van der Waals surface area contributed by atoms with Crippen molar-refractivity contribution in [1.82, 2.24) is 20.2 Å². The van der Waals surface area contributed by atoms with Gasteiger partial charge in [-0.2, -0.15) is 0 Å². The number of H-pyrrole nitrogens is 1. The predicted molar refractivity (Wildman–Crippen MR) is 165 cm³/mol. The van der Waals surface area contributed by atoms with E-state index in [0.29, 0.717) is 6.61 Å². The quantitative estimate of drug-likeness (QED) is 0.249. The summed E-state index contributed by atoms with van der Waals surface area (Å²) in [6.07, 6.45) is 8.49. The molecule has 4 rings (SSSR count). The van der Waals surface area contributed by atoms with Crippen LogP contribution in [0.5, 0.6) is 11.5 Å². The molecule has 220 valence electrons. The van der Waals surface area contributed by atoms with Crippen LogP contribution in [-0.4, -0.2) is 61.2 Å². The van der Waals surface area contributed by atoms with Crippen molar-refractivity contribution in [3.8, 4) is 11.5 Å². The summed E-state index contributed by atoms with van der Waals surface area (Å²) < 4.78 is 11.3. The van der Waals surface area contributed by atoms with Crippen molar-refractivity contribution in [2.45, 2.75) is 58.8 Å². The highest BCUT2D eigenvalue weighted by Crippen LogP contribution is 2.24. The Labute approximate surface area is 246 Å². The first-order valence-electron chi connectivity index (χ1n) is 14.3. The van der Waals surface area contributed by atoms with Crippen LogP contribution in [0, 0.1) is 19.8 Å². The summed E-state index contributed by atoms with van der Waals surface area (Å²) in [6.45, 7) is 7.49. The predicted octanol–water partition coefficient (Wildman–Crippen LogP) is 5.94. The lowest BCUT2D eigenvalue weighted by Gasteiger charge is -2.26. The van der Waals surface area contributed by atoms with Gasteiger partial charge in [0.25, 0.3) is 0 Å². The Hall–Kier alpha value is -3.03. The normalized spacial score (nSPS) is 13.8. The number of unbranched alkanes of at least 4 members (excludes halogenated alkanes) is 2. The van der Waals surface area contributed by atoms with Crippen LogP contribution in [0.25, 0.3) is 0 Å². The first kappa shape index (κ1) is 33.2. The van der Waals surface area contributed by atoms with Crippen molar-refractivity contribution in [3.05, 3.63) is 77.4 Å². The molecule has 0 radical (unpaired) electrons. The molecule has 2 aromatic carbocycles. The van der Waals surface area contributed by atoms with E-state index in [-0.39, 0.29) is 24.2 Å². The maximum Gasteiger partial charge on any atom is 0.225 e. The van der Waals surface area contributed by atoms with Crippen molar-refractivity contribution < 1.29 is 14.3 Å². The van der Waals surface area contributed by atoms with E-state index in [4.69, 9.17) is 9.47 Å². The SMILES string of the molecule is CNCCCCOc1ccc(C)cc1.Cc1ccc(OCCCCN(C)C(=O)C2CCc3nc[nH]c3C2)cc1.Cl. The molecule has 0 aliphatic heterocycles. The first-order valence-corrected chi connectivity index (χ1v) is 14.3. The number of fused-ring (bicyclic) bond motifs is 1. The van der Waals surface area contributed by atoms with Crippen LogP contribution in [0.3, 0.4) is 0 Å². The van der Waals surface area contributed by atoms with E-state index in [2.05, 4.69) is 53.4 Å². The number of ether oxygens (including phenoxy) is 2. The number of aromatic amines is 1. The molecule has 2 N–H and O–H groups in total. The number of nitrogens with one attached hydrogen (secondary N) is 2. The lowest BCUT2D eigenvalue weighted by atomic mass is 9.89. The number of aromatic nitrogens is 2. The van der Waals surface area contributed by atoms with Crippen LogP contribution in [0.1, 0.15) is 54.6 Å². The summed E-state index contributed by atoms with van der Waals surface area (Å²) in [5.41, 5.74) is 4.76. The average molecular weight is 571 g/mol. The molecule has 40 heavy (non-hydrogen) atoms. The summed E-state index contributed by atoms with van der Waals surface area (Å²) in [4.78, 5) is 21.9.